The van der Waals surface area contributed by atoms with E-state index in [4.69, 9.17) is 16.3 Å². The summed E-state index contributed by atoms with van der Waals surface area (Å²) >= 11 is 6.10. The van der Waals surface area contributed by atoms with E-state index in [9.17, 15) is 14.4 Å². The van der Waals surface area contributed by atoms with Crippen LogP contribution in [0.25, 0.3) is 12.2 Å². The van der Waals surface area contributed by atoms with Gasteiger partial charge in [0.2, 0.25) is 0 Å². The Hall–Kier alpha value is -4.94. The fraction of sp³-hybridized carbons (Fsp3) is 0.0312. The molecule has 6 nitrogen and oxygen atoms in total. The Morgan fingerprint density at radius 3 is 2.23 bits per heavy atom. The Kier molecular flexibility index (Phi) is 9.06. The lowest BCUT2D eigenvalue weighted by molar-refractivity contribution is -0.113. The molecule has 2 N–H and O–H groups in total. The van der Waals surface area contributed by atoms with E-state index >= 15 is 0 Å². The number of para-hydroxylation sites is 1. The van der Waals surface area contributed by atoms with Crippen molar-refractivity contribution in [2.75, 3.05) is 12.4 Å². The standard InChI is InChI=1S/C32H25ClN2O4/c1-39-30-13-6-5-9-24(30)16-19-29(36)23-14-17-27(18-15-23)34-32(38)28(21-22-8-7-12-26(33)20-22)35-31(37)25-10-3-2-4-11-25/h2-21H,1H3,(H,34,38)(H,35,37)/b19-16+,28-21-. The minimum atomic E-state index is -0.533. The van der Waals surface area contributed by atoms with Crippen molar-refractivity contribution in [1.29, 1.82) is 0 Å². The van der Waals surface area contributed by atoms with Crippen LogP contribution in [0.5, 0.6) is 5.75 Å². The number of ether oxygens (including phenoxy) is 1. The SMILES string of the molecule is COc1ccccc1/C=C/C(=O)c1ccc(NC(=O)/C(=C/c2cccc(Cl)c2)NC(=O)c2ccccc2)cc1. The molecule has 0 aliphatic rings. The number of amides is 2. The van der Waals surface area contributed by atoms with Gasteiger partial charge in [-0.25, -0.2) is 0 Å². The van der Waals surface area contributed by atoms with Gasteiger partial charge in [-0.3, -0.25) is 14.4 Å². The molecule has 0 aliphatic carbocycles. The van der Waals surface area contributed by atoms with Crippen LogP contribution in [0.1, 0.15) is 31.8 Å². The number of carbonyl (C=O) groups excluding carboxylic acids is 3. The van der Waals surface area contributed by atoms with Gasteiger partial charge in [-0.05, 0) is 78.4 Å². The van der Waals surface area contributed by atoms with Crippen molar-refractivity contribution in [2.45, 2.75) is 0 Å². The second kappa shape index (κ2) is 13.0. The highest BCUT2D eigenvalue weighted by Gasteiger charge is 2.15. The molecule has 0 aliphatic heterocycles. The lowest BCUT2D eigenvalue weighted by atomic mass is 10.1. The summed E-state index contributed by atoms with van der Waals surface area (Å²) < 4.78 is 5.31. The summed E-state index contributed by atoms with van der Waals surface area (Å²) in [6.07, 6.45) is 4.71. The van der Waals surface area contributed by atoms with Crippen LogP contribution in [-0.4, -0.2) is 24.7 Å². The summed E-state index contributed by atoms with van der Waals surface area (Å²) in [5.41, 5.74) is 2.78. The molecule has 0 radical (unpaired) electrons. The molecule has 39 heavy (non-hydrogen) atoms. The number of hydrogen-bond acceptors (Lipinski definition) is 4. The first-order chi connectivity index (χ1) is 18.9. The van der Waals surface area contributed by atoms with Gasteiger partial charge < -0.3 is 15.4 Å². The Labute approximate surface area is 231 Å². The third-order valence-corrected chi connectivity index (χ3v) is 5.90. The van der Waals surface area contributed by atoms with Crippen LogP contribution >= 0.6 is 11.6 Å². The van der Waals surface area contributed by atoms with Gasteiger partial charge in [0.05, 0.1) is 7.11 Å². The quantitative estimate of drug-likeness (QED) is 0.185. The maximum absolute atomic E-state index is 13.2. The van der Waals surface area contributed by atoms with Crippen LogP contribution in [0.4, 0.5) is 5.69 Å². The van der Waals surface area contributed by atoms with E-state index in [0.29, 0.717) is 33.1 Å². The van der Waals surface area contributed by atoms with E-state index in [0.717, 1.165) is 5.56 Å². The largest absolute Gasteiger partial charge is 0.496 e. The zero-order valence-corrected chi connectivity index (χ0v) is 21.8. The Morgan fingerprint density at radius 2 is 1.51 bits per heavy atom. The molecule has 7 heteroatoms. The molecule has 4 rings (SSSR count). The van der Waals surface area contributed by atoms with Gasteiger partial charge in [0.1, 0.15) is 11.4 Å². The number of halogens is 1. The number of hydrogen-bond donors (Lipinski definition) is 2. The molecule has 194 valence electrons. The van der Waals surface area contributed by atoms with E-state index in [1.807, 2.05) is 24.3 Å². The van der Waals surface area contributed by atoms with Gasteiger partial charge in [0.15, 0.2) is 5.78 Å². The molecule has 4 aromatic carbocycles. The van der Waals surface area contributed by atoms with Crippen molar-refractivity contribution in [3.05, 3.63) is 142 Å². The summed E-state index contributed by atoms with van der Waals surface area (Å²) in [6.45, 7) is 0. The molecular formula is C32H25ClN2O4. The normalized spacial score (nSPS) is 11.2. The van der Waals surface area contributed by atoms with Crippen LogP contribution in [0.15, 0.2) is 115 Å². The fourth-order valence-corrected chi connectivity index (χ4v) is 3.89. The van der Waals surface area contributed by atoms with E-state index in [1.54, 1.807) is 98.1 Å². The highest BCUT2D eigenvalue weighted by atomic mass is 35.5. The van der Waals surface area contributed by atoms with Crippen molar-refractivity contribution in [2.24, 2.45) is 0 Å². The molecule has 0 heterocycles. The van der Waals surface area contributed by atoms with Gasteiger partial charge in [-0.1, -0.05) is 60.1 Å². The Morgan fingerprint density at radius 1 is 0.795 bits per heavy atom. The Bertz CT molecular complexity index is 1540. The fourth-order valence-electron chi connectivity index (χ4n) is 3.69. The second-order valence-corrected chi connectivity index (χ2v) is 8.84. The summed E-state index contributed by atoms with van der Waals surface area (Å²) in [7, 11) is 1.57. The lowest BCUT2D eigenvalue weighted by Crippen LogP contribution is -2.30. The van der Waals surface area contributed by atoms with Crippen molar-refractivity contribution >= 4 is 47.0 Å². The van der Waals surface area contributed by atoms with E-state index < -0.39 is 11.8 Å². The number of rotatable bonds is 9. The molecule has 2 amide bonds. The topological polar surface area (TPSA) is 84.5 Å². The predicted octanol–water partition coefficient (Wildman–Crippen LogP) is 6.65. The van der Waals surface area contributed by atoms with Crippen LogP contribution in [0.3, 0.4) is 0 Å². The first-order valence-electron chi connectivity index (χ1n) is 12.0. The van der Waals surface area contributed by atoms with E-state index in [1.165, 1.54) is 6.08 Å². The molecule has 0 saturated heterocycles. The highest BCUT2D eigenvalue weighted by Crippen LogP contribution is 2.20. The molecule has 0 atom stereocenters. The summed E-state index contributed by atoms with van der Waals surface area (Å²) in [6, 6.07) is 29.4. The van der Waals surface area contributed by atoms with Crippen LogP contribution < -0.4 is 15.4 Å². The monoisotopic (exact) mass is 536 g/mol. The van der Waals surface area contributed by atoms with Gasteiger partial charge in [-0.15, -0.1) is 0 Å². The molecule has 0 unspecified atom stereocenters. The van der Waals surface area contributed by atoms with Crippen molar-refractivity contribution in [3.63, 3.8) is 0 Å². The number of nitrogens with one attached hydrogen (secondary N) is 2. The van der Waals surface area contributed by atoms with Crippen LogP contribution in [0, 0.1) is 0 Å². The van der Waals surface area contributed by atoms with E-state index in [2.05, 4.69) is 10.6 Å². The molecule has 0 saturated carbocycles. The average molecular weight is 537 g/mol. The van der Waals surface area contributed by atoms with Crippen LogP contribution in [0.2, 0.25) is 5.02 Å². The van der Waals surface area contributed by atoms with E-state index in [-0.39, 0.29) is 11.5 Å². The van der Waals surface area contributed by atoms with Gasteiger partial charge in [-0.2, -0.15) is 0 Å². The lowest BCUT2D eigenvalue weighted by Gasteiger charge is -2.12. The first-order valence-corrected chi connectivity index (χ1v) is 12.4. The minimum absolute atomic E-state index is 0.0333. The molecule has 0 fully saturated rings. The average Bonchev–Trinajstić information content (AvgIpc) is 2.96. The van der Waals surface area contributed by atoms with Crippen molar-refractivity contribution in [1.82, 2.24) is 5.32 Å². The molecular weight excluding hydrogens is 512 g/mol. The molecule has 0 aromatic heterocycles. The number of anilines is 1. The smallest absolute Gasteiger partial charge is 0.272 e. The number of allylic oxidation sites excluding steroid dienone is 1. The Balaban J connectivity index is 1.50. The summed E-state index contributed by atoms with van der Waals surface area (Å²) in [4.78, 5) is 38.6. The molecule has 0 spiro atoms. The number of benzene rings is 4. The van der Waals surface area contributed by atoms with Crippen molar-refractivity contribution < 1.29 is 19.1 Å². The zero-order chi connectivity index (χ0) is 27.6. The maximum Gasteiger partial charge on any atom is 0.272 e. The summed E-state index contributed by atoms with van der Waals surface area (Å²) in [5.74, 6) is -0.493. The predicted molar refractivity (Wildman–Crippen MR) is 155 cm³/mol. The molecule has 4 aromatic rings. The maximum atomic E-state index is 13.2. The van der Waals surface area contributed by atoms with Crippen LogP contribution in [-0.2, 0) is 4.79 Å². The second-order valence-electron chi connectivity index (χ2n) is 8.40. The van der Waals surface area contributed by atoms with Crippen molar-refractivity contribution in [3.8, 4) is 5.75 Å². The minimum Gasteiger partial charge on any atom is -0.496 e. The first kappa shape index (κ1) is 27.1. The third kappa shape index (κ3) is 7.53. The third-order valence-electron chi connectivity index (χ3n) is 5.67. The molecule has 0 bridgehead atoms. The zero-order valence-electron chi connectivity index (χ0n) is 21.1. The van der Waals surface area contributed by atoms with Gasteiger partial charge >= 0.3 is 0 Å². The summed E-state index contributed by atoms with van der Waals surface area (Å²) in [5, 5.41) is 5.96. The highest BCUT2D eigenvalue weighted by molar-refractivity contribution is 6.30. The van der Waals surface area contributed by atoms with Gasteiger partial charge in [0.25, 0.3) is 11.8 Å². The number of carbonyl (C=O) groups is 3. The number of ketones is 1. The number of methoxy groups -OCH3 is 1. The van der Waals surface area contributed by atoms with Gasteiger partial charge in [0, 0.05) is 27.4 Å².